The first-order chi connectivity index (χ1) is 15.2. The first-order valence-electron chi connectivity index (χ1n) is 8.42. The summed E-state index contributed by atoms with van der Waals surface area (Å²) < 4.78 is 52.6. The molecule has 0 radical (unpaired) electrons. The molecule has 6 atom stereocenters. The Balaban J connectivity index is 1.77. The maximum atomic E-state index is 11.9. The molecule has 1 aliphatic heterocycles. The fourth-order valence-electron chi connectivity index (χ4n) is 2.89. The van der Waals surface area contributed by atoms with Gasteiger partial charge in [-0.15, -0.1) is 0 Å². The number of hydrogen-bond acceptors (Lipinski definition) is 13. The van der Waals surface area contributed by atoms with Crippen LogP contribution < -0.4 is 5.73 Å². The van der Waals surface area contributed by atoms with E-state index in [0.29, 0.717) is 0 Å². The van der Waals surface area contributed by atoms with Crippen molar-refractivity contribution in [2.45, 2.75) is 18.4 Å². The monoisotopic (exact) mass is 531 g/mol. The Kier molecular flexibility index (Phi) is 7.27. The molecule has 0 amide bonds. The van der Waals surface area contributed by atoms with Gasteiger partial charge in [0.15, 0.2) is 17.7 Å². The number of phosphoric ester groups is 1. The van der Waals surface area contributed by atoms with Crippen LogP contribution in [-0.2, 0) is 31.6 Å². The fourth-order valence-corrected chi connectivity index (χ4v) is 5.92. The summed E-state index contributed by atoms with van der Waals surface area (Å²) in [5, 5.41) is 19.6. The summed E-state index contributed by atoms with van der Waals surface area (Å²) in [6, 6.07) is 0. The zero-order valence-electron chi connectivity index (χ0n) is 15.9. The standard InChI is InChI=1S/C12H16N5O13P3/c13-10-8-11(15-4-14-10)17(5-16-8)12-9(19)6(1-2-18)7(28-12)3-27-32(23,24)30-33(25,26)29-31(20,21)22/h4-7,9,12,18-19H,3H2,(H,23,24)(H,25,26)(H2,13,14,15)(H2,20,21,22)/t6-,7-,9-,12-/m1/s1. The smallest absolute Gasteiger partial charge is 0.462 e. The lowest BCUT2D eigenvalue weighted by atomic mass is 9.99. The van der Waals surface area contributed by atoms with Crippen LogP contribution in [0.15, 0.2) is 12.7 Å². The van der Waals surface area contributed by atoms with Crippen LogP contribution in [0.25, 0.3) is 11.2 Å². The average molecular weight is 531 g/mol. The first-order valence-corrected chi connectivity index (χ1v) is 12.9. The first kappa shape index (κ1) is 25.7. The van der Waals surface area contributed by atoms with Crippen LogP contribution in [0, 0.1) is 17.9 Å². The maximum Gasteiger partial charge on any atom is 0.490 e. The molecule has 21 heteroatoms. The molecule has 0 aromatic carbocycles. The van der Waals surface area contributed by atoms with Gasteiger partial charge >= 0.3 is 23.5 Å². The molecule has 1 aliphatic rings. The molecule has 1 saturated heterocycles. The minimum atomic E-state index is -5.72. The highest BCUT2D eigenvalue weighted by molar-refractivity contribution is 7.66. The third kappa shape index (κ3) is 6.14. The Hall–Kier alpha value is -1.96. The minimum absolute atomic E-state index is 0.0437. The number of imidazole rings is 1. The SMILES string of the molecule is Nc1ncnc2c1ncn2[C@@H]1O[C@H](COP(=O)(O)OP(=O)(O)OP(=O)(O)O)[C@@H](C#CO)[C@H]1O. The van der Waals surface area contributed by atoms with Crippen LogP contribution in [0.3, 0.4) is 0 Å². The van der Waals surface area contributed by atoms with Crippen molar-refractivity contribution in [1.82, 2.24) is 19.5 Å². The van der Waals surface area contributed by atoms with Crippen molar-refractivity contribution in [3.63, 3.8) is 0 Å². The fraction of sp³-hybridized carbons (Fsp3) is 0.417. The molecular weight excluding hydrogens is 515 g/mol. The number of aromatic nitrogens is 4. The molecule has 2 aromatic heterocycles. The topological polar surface area (TPSA) is 279 Å². The lowest BCUT2D eigenvalue weighted by Crippen LogP contribution is -2.27. The van der Waals surface area contributed by atoms with Gasteiger partial charge in [-0.2, -0.15) is 8.62 Å². The van der Waals surface area contributed by atoms with E-state index < -0.39 is 54.4 Å². The van der Waals surface area contributed by atoms with E-state index in [-0.39, 0.29) is 17.0 Å². The zero-order chi connectivity index (χ0) is 24.6. The number of phosphoric acid groups is 3. The molecular formula is C12H16N5O13P3. The Morgan fingerprint density at radius 1 is 1.12 bits per heavy atom. The summed E-state index contributed by atoms with van der Waals surface area (Å²) in [6.45, 7) is -0.902. The molecule has 2 unspecified atom stereocenters. The second kappa shape index (κ2) is 9.35. The Morgan fingerprint density at radius 2 is 1.82 bits per heavy atom. The van der Waals surface area contributed by atoms with Crippen molar-refractivity contribution in [3.05, 3.63) is 12.7 Å². The number of aliphatic hydroxyl groups is 2. The lowest BCUT2D eigenvalue weighted by Gasteiger charge is -2.19. The summed E-state index contributed by atoms with van der Waals surface area (Å²) in [5.74, 6) is 1.05. The molecule has 8 N–H and O–H groups in total. The maximum absolute atomic E-state index is 11.9. The highest BCUT2D eigenvalue weighted by atomic mass is 31.3. The van der Waals surface area contributed by atoms with Crippen LogP contribution in [-0.4, -0.2) is 68.1 Å². The summed E-state index contributed by atoms with van der Waals surface area (Å²) in [4.78, 5) is 47.7. The van der Waals surface area contributed by atoms with Crippen molar-refractivity contribution >= 4 is 40.4 Å². The van der Waals surface area contributed by atoms with Crippen molar-refractivity contribution in [2.24, 2.45) is 5.92 Å². The highest BCUT2D eigenvalue weighted by Crippen LogP contribution is 2.66. The molecule has 0 saturated carbocycles. The van der Waals surface area contributed by atoms with Gasteiger partial charge in [0.1, 0.15) is 30.2 Å². The van der Waals surface area contributed by atoms with Gasteiger partial charge in [-0.1, -0.05) is 5.92 Å². The number of nitrogen functional groups attached to an aromatic ring is 1. The molecule has 2 aromatic rings. The van der Waals surface area contributed by atoms with Crippen molar-refractivity contribution < 1.29 is 61.4 Å². The summed E-state index contributed by atoms with van der Waals surface area (Å²) in [5.41, 5.74) is 6.06. The molecule has 182 valence electrons. The summed E-state index contributed by atoms with van der Waals surface area (Å²) in [6.07, 6.45) is -0.111. The molecule has 3 heterocycles. The molecule has 0 bridgehead atoms. The van der Waals surface area contributed by atoms with E-state index in [1.807, 2.05) is 0 Å². The second-order valence-corrected chi connectivity index (χ2v) is 10.7. The number of nitrogens with zero attached hydrogens (tertiary/aromatic N) is 4. The van der Waals surface area contributed by atoms with Crippen molar-refractivity contribution in [2.75, 3.05) is 12.3 Å². The van der Waals surface area contributed by atoms with E-state index in [0.717, 1.165) is 6.33 Å². The van der Waals surface area contributed by atoms with E-state index in [1.165, 1.54) is 10.9 Å². The zero-order valence-corrected chi connectivity index (χ0v) is 18.6. The Bertz CT molecular complexity index is 1240. The van der Waals surface area contributed by atoms with Gasteiger partial charge in [-0.05, 0) is 0 Å². The largest absolute Gasteiger partial charge is 0.490 e. The lowest BCUT2D eigenvalue weighted by molar-refractivity contribution is -0.0483. The number of ether oxygens (including phenoxy) is 1. The number of rotatable bonds is 8. The number of nitrogens with two attached hydrogens (primary N) is 1. The van der Waals surface area contributed by atoms with Gasteiger partial charge in [0.25, 0.3) is 0 Å². The Labute approximate surface area is 183 Å². The van der Waals surface area contributed by atoms with Crippen LogP contribution in [0.4, 0.5) is 5.82 Å². The third-order valence-electron chi connectivity index (χ3n) is 4.09. The van der Waals surface area contributed by atoms with Crippen LogP contribution in [0.5, 0.6) is 0 Å². The molecule has 0 spiro atoms. The van der Waals surface area contributed by atoms with Gasteiger partial charge in [-0.25, -0.2) is 28.6 Å². The molecule has 1 fully saturated rings. The summed E-state index contributed by atoms with van der Waals surface area (Å²) >= 11 is 0. The molecule has 0 aliphatic carbocycles. The van der Waals surface area contributed by atoms with Crippen molar-refractivity contribution in [1.29, 1.82) is 0 Å². The van der Waals surface area contributed by atoms with E-state index in [2.05, 4.69) is 34.0 Å². The van der Waals surface area contributed by atoms with Crippen LogP contribution in [0.2, 0.25) is 0 Å². The molecule has 33 heavy (non-hydrogen) atoms. The average Bonchev–Trinajstić information content (AvgIpc) is 3.20. The van der Waals surface area contributed by atoms with Crippen LogP contribution >= 0.6 is 23.5 Å². The summed E-state index contributed by atoms with van der Waals surface area (Å²) in [7, 11) is -16.7. The molecule has 3 rings (SSSR count). The van der Waals surface area contributed by atoms with Gasteiger partial charge < -0.3 is 40.3 Å². The molecule has 18 nitrogen and oxygen atoms in total. The van der Waals surface area contributed by atoms with E-state index in [1.54, 1.807) is 6.11 Å². The quantitative estimate of drug-likeness (QED) is 0.158. The van der Waals surface area contributed by atoms with Gasteiger partial charge in [0.2, 0.25) is 0 Å². The third-order valence-corrected chi connectivity index (χ3v) is 7.89. The number of anilines is 1. The highest BCUT2D eigenvalue weighted by Gasteiger charge is 2.47. The van der Waals surface area contributed by atoms with Crippen LogP contribution in [0.1, 0.15) is 6.23 Å². The van der Waals surface area contributed by atoms with Crippen molar-refractivity contribution in [3.8, 4) is 12.0 Å². The second-order valence-electron chi connectivity index (χ2n) is 6.31. The van der Waals surface area contributed by atoms with Gasteiger partial charge in [0, 0.05) is 0 Å². The predicted molar refractivity (Wildman–Crippen MR) is 103 cm³/mol. The van der Waals surface area contributed by atoms with E-state index in [4.69, 9.17) is 25.4 Å². The minimum Gasteiger partial charge on any atom is -0.462 e. The number of fused-ring (bicyclic) bond motifs is 1. The van der Waals surface area contributed by atoms with E-state index >= 15 is 0 Å². The number of hydrogen-bond donors (Lipinski definition) is 7. The Morgan fingerprint density at radius 3 is 2.45 bits per heavy atom. The number of aliphatic hydroxyl groups excluding tert-OH is 2. The normalized spacial score (nSPS) is 26.9. The van der Waals surface area contributed by atoms with Gasteiger partial charge in [-0.3, -0.25) is 9.09 Å². The van der Waals surface area contributed by atoms with E-state index in [9.17, 15) is 28.6 Å². The van der Waals surface area contributed by atoms with Gasteiger partial charge in [0.05, 0.1) is 18.9 Å². The predicted octanol–water partition coefficient (Wildman–Crippen LogP) is -1.04.